The van der Waals surface area contributed by atoms with Gasteiger partial charge in [-0.15, -0.1) is 0 Å². The van der Waals surface area contributed by atoms with Crippen molar-refractivity contribution in [3.63, 3.8) is 0 Å². The van der Waals surface area contributed by atoms with Crippen molar-refractivity contribution in [2.45, 2.75) is 19.1 Å². The molecule has 1 saturated heterocycles. The molecule has 1 N–H and O–H groups in total. The Kier molecular flexibility index (Phi) is 3.23. The van der Waals surface area contributed by atoms with Crippen LogP contribution >= 0.6 is 0 Å². The molecule has 1 aliphatic heterocycles. The molecule has 0 unspecified atom stereocenters. The van der Waals surface area contributed by atoms with E-state index in [1.54, 1.807) is 17.0 Å². The molecule has 3 rings (SSSR count). The third-order valence-corrected chi connectivity index (χ3v) is 3.56. The maximum Gasteiger partial charge on any atom is 0.269 e. The van der Waals surface area contributed by atoms with E-state index < -0.39 is 6.10 Å². The lowest BCUT2D eigenvalue weighted by Crippen LogP contribution is -2.35. The summed E-state index contributed by atoms with van der Waals surface area (Å²) in [6.45, 7) is 0.864. The van der Waals surface area contributed by atoms with Gasteiger partial charge in [0.1, 0.15) is 6.54 Å². The minimum Gasteiger partial charge on any atom is -0.391 e. The van der Waals surface area contributed by atoms with Crippen LogP contribution in [0.4, 0.5) is 0 Å². The number of fused-ring (bicyclic) bond motifs is 1. The largest absolute Gasteiger partial charge is 0.391 e. The SMILES string of the molecule is O=C(Cn1c(=O)cnc2ccccc21)N1CC[C@@H](O)C1. The van der Waals surface area contributed by atoms with Gasteiger partial charge in [-0.1, -0.05) is 12.1 Å². The summed E-state index contributed by atoms with van der Waals surface area (Å²) in [5, 5.41) is 9.47. The van der Waals surface area contributed by atoms with E-state index in [2.05, 4.69) is 4.98 Å². The van der Waals surface area contributed by atoms with Gasteiger partial charge in [-0.2, -0.15) is 0 Å². The maximum atomic E-state index is 12.2. The van der Waals surface area contributed by atoms with Crippen molar-refractivity contribution in [3.8, 4) is 0 Å². The fraction of sp³-hybridized carbons (Fsp3) is 0.357. The summed E-state index contributed by atoms with van der Waals surface area (Å²) in [6.07, 6.45) is 1.37. The van der Waals surface area contributed by atoms with E-state index in [9.17, 15) is 14.7 Å². The second-order valence-corrected chi connectivity index (χ2v) is 4.95. The molecule has 20 heavy (non-hydrogen) atoms. The highest BCUT2D eigenvalue weighted by atomic mass is 16.3. The first kappa shape index (κ1) is 12.8. The molecule has 0 spiro atoms. The minimum atomic E-state index is -0.454. The zero-order valence-electron chi connectivity index (χ0n) is 10.9. The highest BCUT2D eigenvalue weighted by Crippen LogP contribution is 2.12. The first-order chi connectivity index (χ1) is 9.65. The average molecular weight is 273 g/mol. The first-order valence-electron chi connectivity index (χ1n) is 6.55. The minimum absolute atomic E-state index is 0.0193. The molecule has 104 valence electrons. The number of carbonyl (C=O) groups is 1. The monoisotopic (exact) mass is 273 g/mol. The van der Waals surface area contributed by atoms with Crippen LogP contribution in [0.1, 0.15) is 6.42 Å². The number of amides is 1. The van der Waals surface area contributed by atoms with Gasteiger partial charge in [0.05, 0.1) is 23.3 Å². The van der Waals surface area contributed by atoms with Crippen molar-refractivity contribution in [2.24, 2.45) is 0 Å². The van der Waals surface area contributed by atoms with Gasteiger partial charge in [-0.05, 0) is 18.6 Å². The Morgan fingerprint density at radius 1 is 1.40 bits per heavy atom. The molecule has 6 nitrogen and oxygen atoms in total. The number of hydrogen-bond acceptors (Lipinski definition) is 4. The molecule has 1 amide bonds. The number of β-amino-alcohol motifs (C(OH)–C–C–N with tert-alkyl or cyclic N) is 1. The standard InChI is InChI=1S/C14H15N3O3/c18-10-5-6-16(8-10)14(20)9-17-12-4-2-1-3-11(12)15-7-13(17)19/h1-4,7,10,18H,5-6,8-9H2/t10-/m1/s1. The Morgan fingerprint density at radius 2 is 2.20 bits per heavy atom. The lowest BCUT2D eigenvalue weighted by molar-refractivity contribution is -0.131. The number of nitrogens with zero attached hydrogens (tertiary/aromatic N) is 3. The van der Waals surface area contributed by atoms with Gasteiger partial charge in [-0.3, -0.25) is 14.2 Å². The fourth-order valence-electron chi connectivity index (χ4n) is 2.48. The highest BCUT2D eigenvalue weighted by Gasteiger charge is 2.24. The van der Waals surface area contributed by atoms with Crippen LogP contribution in [0.25, 0.3) is 11.0 Å². The molecule has 0 saturated carbocycles. The van der Waals surface area contributed by atoms with Gasteiger partial charge < -0.3 is 10.0 Å². The summed E-state index contributed by atoms with van der Waals surface area (Å²) in [4.78, 5) is 29.8. The zero-order valence-corrected chi connectivity index (χ0v) is 10.9. The highest BCUT2D eigenvalue weighted by molar-refractivity contribution is 5.80. The van der Waals surface area contributed by atoms with Crippen LogP contribution < -0.4 is 5.56 Å². The van der Waals surface area contributed by atoms with Crippen molar-refractivity contribution < 1.29 is 9.90 Å². The van der Waals surface area contributed by atoms with E-state index in [0.29, 0.717) is 30.5 Å². The number of carbonyl (C=O) groups excluding carboxylic acids is 1. The van der Waals surface area contributed by atoms with Crippen LogP contribution in [0.5, 0.6) is 0 Å². The van der Waals surface area contributed by atoms with Crippen LogP contribution in [-0.4, -0.2) is 44.7 Å². The Morgan fingerprint density at radius 3 is 2.95 bits per heavy atom. The molecular formula is C14H15N3O3. The molecule has 1 aromatic carbocycles. The number of aromatic nitrogens is 2. The molecule has 0 aliphatic carbocycles. The van der Waals surface area contributed by atoms with Crippen LogP contribution in [0, 0.1) is 0 Å². The van der Waals surface area contributed by atoms with Gasteiger partial charge in [0.2, 0.25) is 5.91 Å². The Bertz CT molecular complexity index is 710. The molecule has 2 heterocycles. The molecule has 1 atom stereocenters. The van der Waals surface area contributed by atoms with Crippen molar-refractivity contribution in [2.75, 3.05) is 13.1 Å². The topological polar surface area (TPSA) is 75.4 Å². The van der Waals surface area contributed by atoms with Crippen LogP contribution in [0.2, 0.25) is 0 Å². The van der Waals surface area contributed by atoms with Gasteiger partial charge in [0.25, 0.3) is 5.56 Å². The van der Waals surface area contributed by atoms with Gasteiger partial charge in [0, 0.05) is 13.1 Å². The van der Waals surface area contributed by atoms with E-state index in [1.165, 1.54) is 10.8 Å². The van der Waals surface area contributed by atoms with E-state index in [1.807, 2.05) is 12.1 Å². The predicted octanol–water partition coefficient (Wildman–Crippen LogP) is -0.0103. The summed E-state index contributed by atoms with van der Waals surface area (Å²) in [5.41, 5.74) is 1.03. The van der Waals surface area contributed by atoms with Crippen molar-refractivity contribution >= 4 is 16.9 Å². The summed E-state index contributed by atoms with van der Waals surface area (Å²) in [6, 6.07) is 7.22. The number of aliphatic hydroxyl groups is 1. The maximum absolute atomic E-state index is 12.2. The van der Waals surface area contributed by atoms with Crippen LogP contribution in [0.3, 0.4) is 0 Å². The number of hydrogen-bond donors (Lipinski definition) is 1. The smallest absolute Gasteiger partial charge is 0.269 e. The Labute approximate surface area is 115 Å². The van der Waals surface area contributed by atoms with E-state index in [-0.39, 0.29) is 18.0 Å². The summed E-state index contributed by atoms with van der Waals surface area (Å²) in [7, 11) is 0. The Balaban J connectivity index is 1.92. The molecule has 0 bridgehead atoms. The number of likely N-dealkylation sites (tertiary alicyclic amines) is 1. The summed E-state index contributed by atoms with van der Waals surface area (Å²) in [5.74, 6) is -0.153. The molecule has 0 radical (unpaired) electrons. The first-order valence-corrected chi connectivity index (χ1v) is 6.55. The molecule has 1 aromatic heterocycles. The predicted molar refractivity (Wildman–Crippen MR) is 73.2 cm³/mol. The van der Waals surface area contributed by atoms with Crippen molar-refractivity contribution in [1.82, 2.24) is 14.5 Å². The molecule has 1 aliphatic rings. The molecular weight excluding hydrogens is 258 g/mol. The normalized spacial score (nSPS) is 18.6. The second-order valence-electron chi connectivity index (χ2n) is 4.95. The van der Waals surface area contributed by atoms with Gasteiger partial charge in [0.15, 0.2) is 0 Å². The van der Waals surface area contributed by atoms with Crippen molar-refractivity contribution in [1.29, 1.82) is 0 Å². The number of aliphatic hydroxyl groups excluding tert-OH is 1. The van der Waals surface area contributed by atoms with Crippen molar-refractivity contribution in [3.05, 3.63) is 40.8 Å². The second kappa shape index (κ2) is 5.05. The van der Waals surface area contributed by atoms with E-state index >= 15 is 0 Å². The number of rotatable bonds is 2. The van der Waals surface area contributed by atoms with Crippen LogP contribution in [-0.2, 0) is 11.3 Å². The lowest BCUT2D eigenvalue weighted by atomic mass is 10.3. The Hall–Kier alpha value is -2.21. The van der Waals surface area contributed by atoms with Gasteiger partial charge in [-0.25, -0.2) is 4.98 Å². The summed E-state index contributed by atoms with van der Waals surface area (Å²) < 4.78 is 1.43. The quantitative estimate of drug-likeness (QED) is 0.835. The molecule has 6 heteroatoms. The lowest BCUT2D eigenvalue weighted by Gasteiger charge is -2.17. The van der Waals surface area contributed by atoms with E-state index in [4.69, 9.17) is 0 Å². The fourth-order valence-corrected chi connectivity index (χ4v) is 2.48. The van der Waals surface area contributed by atoms with Gasteiger partial charge >= 0.3 is 0 Å². The molecule has 1 fully saturated rings. The third kappa shape index (κ3) is 2.30. The zero-order chi connectivity index (χ0) is 14.1. The third-order valence-electron chi connectivity index (χ3n) is 3.56. The van der Waals surface area contributed by atoms with Crippen LogP contribution in [0.15, 0.2) is 35.3 Å². The molecule has 2 aromatic rings. The number of benzene rings is 1. The van der Waals surface area contributed by atoms with E-state index in [0.717, 1.165) is 0 Å². The average Bonchev–Trinajstić information content (AvgIpc) is 2.89. The number of para-hydroxylation sites is 2. The summed E-state index contributed by atoms with van der Waals surface area (Å²) >= 11 is 0.